The van der Waals surface area contributed by atoms with E-state index in [0.717, 1.165) is 42.7 Å². The average molecular weight is 396 g/mol. The van der Waals surface area contributed by atoms with Crippen LogP contribution in [0.25, 0.3) is 0 Å². The molecule has 6 nitrogen and oxygen atoms in total. The number of carbonyl (C=O) groups excluding carboxylic acids is 1. The highest BCUT2D eigenvalue weighted by Gasteiger charge is 2.23. The third kappa shape index (κ3) is 4.65. The van der Waals surface area contributed by atoms with Crippen LogP contribution in [-0.2, 0) is 17.7 Å². The van der Waals surface area contributed by atoms with E-state index in [9.17, 15) is 4.79 Å². The van der Waals surface area contributed by atoms with Gasteiger partial charge in [-0.05, 0) is 67.1 Å². The third-order valence-electron chi connectivity index (χ3n) is 5.54. The van der Waals surface area contributed by atoms with Crippen LogP contribution in [0.2, 0.25) is 0 Å². The van der Waals surface area contributed by atoms with E-state index in [-0.39, 0.29) is 12.1 Å². The molecule has 2 amide bonds. The van der Waals surface area contributed by atoms with Gasteiger partial charge in [-0.15, -0.1) is 0 Å². The first-order chi connectivity index (χ1) is 14.1. The Morgan fingerprint density at radius 1 is 1.24 bits per heavy atom. The van der Waals surface area contributed by atoms with E-state index in [1.54, 1.807) is 7.11 Å². The summed E-state index contributed by atoms with van der Waals surface area (Å²) in [6.45, 7) is 4.56. The van der Waals surface area contributed by atoms with E-state index >= 15 is 0 Å². The molecule has 0 bridgehead atoms. The molecule has 1 fully saturated rings. The number of amides is 2. The zero-order valence-electron chi connectivity index (χ0n) is 17.1. The molecular weight excluding hydrogens is 368 g/mol. The standard InChI is InChI=1S/C23H28N2O4/c1-16-5-8-21(22(12-16)29-15-20-4-3-11-28-20)24-23(26)25-10-9-17-6-7-19(27-2)13-18(17)14-25/h5-8,12-13,20H,3-4,9-11,14-15H2,1-2H3,(H,24,26)/t20-/m1/s1. The lowest BCUT2D eigenvalue weighted by atomic mass is 10.00. The summed E-state index contributed by atoms with van der Waals surface area (Å²) in [4.78, 5) is 14.8. The molecule has 1 atom stereocenters. The Bertz CT molecular complexity index is 877. The van der Waals surface area contributed by atoms with Gasteiger partial charge in [0.2, 0.25) is 0 Å². The van der Waals surface area contributed by atoms with E-state index in [4.69, 9.17) is 14.2 Å². The fourth-order valence-corrected chi connectivity index (χ4v) is 3.84. The van der Waals surface area contributed by atoms with Crippen LogP contribution < -0.4 is 14.8 Å². The SMILES string of the molecule is COc1ccc2c(c1)CN(C(=O)Nc1ccc(C)cc1OC[C@H]1CCCO1)CC2. The molecule has 2 aliphatic heterocycles. The van der Waals surface area contributed by atoms with Gasteiger partial charge in [-0.25, -0.2) is 4.79 Å². The Balaban J connectivity index is 1.43. The van der Waals surface area contributed by atoms with Crippen LogP contribution in [0.3, 0.4) is 0 Å². The number of aryl methyl sites for hydroxylation is 1. The lowest BCUT2D eigenvalue weighted by Crippen LogP contribution is -2.39. The van der Waals surface area contributed by atoms with E-state index in [0.29, 0.717) is 31.1 Å². The van der Waals surface area contributed by atoms with Crippen LogP contribution >= 0.6 is 0 Å². The fourth-order valence-electron chi connectivity index (χ4n) is 3.84. The number of anilines is 1. The monoisotopic (exact) mass is 396 g/mol. The number of nitrogens with zero attached hydrogens (tertiary/aromatic N) is 1. The Hall–Kier alpha value is -2.73. The molecule has 6 heteroatoms. The molecule has 154 valence electrons. The maximum atomic E-state index is 12.9. The normalized spacial score (nSPS) is 18.3. The Morgan fingerprint density at radius 2 is 2.14 bits per heavy atom. The molecule has 2 aromatic carbocycles. The van der Waals surface area contributed by atoms with Crippen molar-refractivity contribution < 1.29 is 19.0 Å². The predicted molar refractivity (Wildman–Crippen MR) is 112 cm³/mol. The number of hydrogen-bond acceptors (Lipinski definition) is 4. The minimum absolute atomic E-state index is 0.121. The third-order valence-corrected chi connectivity index (χ3v) is 5.54. The zero-order chi connectivity index (χ0) is 20.2. The summed E-state index contributed by atoms with van der Waals surface area (Å²) in [7, 11) is 1.66. The lowest BCUT2D eigenvalue weighted by Gasteiger charge is -2.29. The van der Waals surface area contributed by atoms with Gasteiger partial charge < -0.3 is 24.4 Å². The van der Waals surface area contributed by atoms with Gasteiger partial charge in [0.05, 0.1) is 18.9 Å². The smallest absolute Gasteiger partial charge is 0.322 e. The topological polar surface area (TPSA) is 60.0 Å². The maximum Gasteiger partial charge on any atom is 0.322 e. The maximum absolute atomic E-state index is 12.9. The van der Waals surface area contributed by atoms with Crippen molar-refractivity contribution in [2.75, 3.05) is 32.2 Å². The summed E-state index contributed by atoms with van der Waals surface area (Å²) in [5.41, 5.74) is 4.18. The number of benzene rings is 2. The second-order valence-corrected chi connectivity index (χ2v) is 7.68. The second-order valence-electron chi connectivity index (χ2n) is 7.68. The van der Waals surface area contributed by atoms with Crippen molar-refractivity contribution in [1.29, 1.82) is 0 Å². The minimum Gasteiger partial charge on any atom is -0.497 e. The van der Waals surface area contributed by atoms with Gasteiger partial charge in [-0.3, -0.25) is 0 Å². The van der Waals surface area contributed by atoms with Crippen LogP contribution in [0.5, 0.6) is 11.5 Å². The number of fused-ring (bicyclic) bond motifs is 1. The van der Waals surface area contributed by atoms with Crippen molar-refractivity contribution in [2.45, 2.75) is 38.8 Å². The Morgan fingerprint density at radius 3 is 2.93 bits per heavy atom. The van der Waals surface area contributed by atoms with Crippen LogP contribution in [0.4, 0.5) is 10.5 Å². The molecule has 1 N–H and O–H groups in total. The largest absolute Gasteiger partial charge is 0.497 e. The van der Waals surface area contributed by atoms with Crippen molar-refractivity contribution >= 4 is 11.7 Å². The molecule has 4 rings (SSSR count). The number of hydrogen-bond donors (Lipinski definition) is 1. The first-order valence-corrected chi connectivity index (χ1v) is 10.2. The molecular formula is C23H28N2O4. The van der Waals surface area contributed by atoms with E-state index in [1.165, 1.54) is 5.56 Å². The van der Waals surface area contributed by atoms with Crippen molar-refractivity contribution in [3.63, 3.8) is 0 Å². The van der Waals surface area contributed by atoms with Gasteiger partial charge in [0, 0.05) is 19.7 Å². The summed E-state index contributed by atoms with van der Waals surface area (Å²) in [5, 5.41) is 3.03. The van der Waals surface area contributed by atoms with Crippen LogP contribution in [0, 0.1) is 6.92 Å². The Kier molecular flexibility index (Phi) is 5.90. The van der Waals surface area contributed by atoms with Gasteiger partial charge in [-0.2, -0.15) is 0 Å². The van der Waals surface area contributed by atoms with Gasteiger partial charge >= 0.3 is 6.03 Å². The van der Waals surface area contributed by atoms with Crippen LogP contribution in [0.15, 0.2) is 36.4 Å². The van der Waals surface area contributed by atoms with E-state index in [2.05, 4.69) is 11.4 Å². The summed E-state index contributed by atoms with van der Waals surface area (Å²) < 4.78 is 17.0. The number of methoxy groups -OCH3 is 1. The van der Waals surface area contributed by atoms with E-state index < -0.39 is 0 Å². The average Bonchev–Trinajstić information content (AvgIpc) is 3.26. The summed E-state index contributed by atoms with van der Waals surface area (Å²) in [6, 6.07) is 11.8. The number of rotatable bonds is 5. The number of urea groups is 1. The molecule has 29 heavy (non-hydrogen) atoms. The molecule has 0 spiro atoms. The molecule has 0 radical (unpaired) electrons. The van der Waals surface area contributed by atoms with Crippen LogP contribution in [-0.4, -0.2) is 43.9 Å². The molecule has 2 aliphatic rings. The fraction of sp³-hybridized carbons (Fsp3) is 0.435. The highest BCUT2D eigenvalue weighted by atomic mass is 16.5. The first-order valence-electron chi connectivity index (χ1n) is 10.2. The second kappa shape index (κ2) is 8.74. The van der Waals surface area contributed by atoms with Crippen molar-refractivity contribution in [3.05, 3.63) is 53.1 Å². The number of nitrogens with one attached hydrogen (secondary N) is 1. The summed E-state index contributed by atoms with van der Waals surface area (Å²) >= 11 is 0. The van der Waals surface area contributed by atoms with Gasteiger partial charge in [0.1, 0.15) is 18.1 Å². The van der Waals surface area contributed by atoms with Crippen molar-refractivity contribution in [3.8, 4) is 11.5 Å². The highest BCUT2D eigenvalue weighted by Crippen LogP contribution is 2.29. The quantitative estimate of drug-likeness (QED) is 0.825. The number of ether oxygens (including phenoxy) is 3. The van der Waals surface area contributed by atoms with Gasteiger partial charge in [0.15, 0.2) is 0 Å². The lowest BCUT2D eigenvalue weighted by molar-refractivity contribution is 0.0682. The molecule has 2 aromatic rings. The number of carbonyl (C=O) groups is 1. The molecule has 0 aliphatic carbocycles. The molecule has 0 unspecified atom stereocenters. The minimum atomic E-state index is -0.121. The van der Waals surface area contributed by atoms with Gasteiger partial charge in [-0.1, -0.05) is 12.1 Å². The molecule has 2 heterocycles. The first kappa shape index (κ1) is 19.6. The molecule has 0 saturated carbocycles. The Labute approximate surface area is 171 Å². The highest BCUT2D eigenvalue weighted by molar-refractivity contribution is 5.91. The molecule has 0 aromatic heterocycles. The van der Waals surface area contributed by atoms with Crippen molar-refractivity contribution in [1.82, 2.24) is 4.90 Å². The summed E-state index contributed by atoms with van der Waals surface area (Å²) in [6.07, 6.45) is 3.06. The van der Waals surface area contributed by atoms with E-state index in [1.807, 2.05) is 42.2 Å². The van der Waals surface area contributed by atoms with Crippen LogP contribution in [0.1, 0.15) is 29.5 Å². The zero-order valence-corrected chi connectivity index (χ0v) is 17.1. The molecule has 1 saturated heterocycles. The summed E-state index contributed by atoms with van der Waals surface area (Å²) in [5.74, 6) is 1.50. The van der Waals surface area contributed by atoms with Gasteiger partial charge in [0.25, 0.3) is 0 Å². The van der Waals surface area contributed by atoms with Crippen molar-refractivity contribution in [2.24, 2.45) is 0 Å². The predicted octanol–water partition coefficient (Wildman–Crippen LogP) is 4.15.